The highest BCUT2D eigenvalue weighted by Crippen LogP contribution is 2.36. The third-order valence-electron chi connectivity index (χ3n) is 6.67. The van der Waals surface area contributed by atoms with Gasteiger partial charge in [-0.25, -0.2) is 19.9 Å². The second kappa shape index (κ2) is 18.3. The second-order valence-electron chi connectivity index (χ2n) is 10.3. The van der Waals surface area contributed by atoms with Crippen molar-refractivity contribution >= 4 is 69.5 Å². The first kappa shape index (κ1) is 41.9. The van der Waals surface area contributed by atoms with Gasteiger partial charge in [0, 0.05) is 16.0 Å². The van der Waals surface area contributed by atoms with E-state index in [4.69, 9.17) is 55.2 Å². The number of nitriles is 1. The fraction of sp³-hybridized carbons (Fsp3) is 0.147. The van der Waals surface area contributed by atoms with E-state index in [2.05, 4.69) is 19.9 Å². The molecule has 2 heterocycles. The average Bonchev–Trinajstić information content (AvgIpc) is 3.08. The number of fused-ring (bicyclic) bond motifs is 2. The van der Waals surface area contributed by atoms with Gasteiger partial charge in [-0.1, -0.05) is 83.3 Å². The summed E-state index contributed by atoms with van der Waals surface area (Å²) in [5, 5.41) is 33.0. The number of aliphatic hydroxyl groups is 1. The molecule has 4 aromatic carbocycles. The molecule has 0 amide bonds. The molecule has 0 unspecified atom stereocenters. The summed E-state index contributed by atoms with van der Waals surface area (Å²) in [6.45, 7) is 2.92. The Bertz CT molecular complexity index is 2200. The maximum Gasteiger partial charge on any atom is 0.489 e. The lowest BCUT2D eigenvalue weighted by Crippen LogP contribution is -2.30. The van der Waals surface area contributed by atoms with Crippen LogP contribution in [0.15, 0.2) is 84.9 Å². The van der Waals surface area contributed by atoms with Gasteiger partial charge in [0.1, 0.15) is 17.6 Å². The predicted octanol–water partition coefficient (Wildman–Crippen LogP) is 8.41. The Balaban J connectivity index is 0.000000212. The highest BCUT2D eigenvalue weighted by atomic mass is 35.5. The van der Waals surface area contributed by atoms with Crippen molar-refractivity contribution in [2.45, 2.75) is 26.2 Å². The lowest BCUT2D eigenvalue weighted by Gasteiger charge is -2.12. The quantitative estimate of drug-likeness (QED) is 0.0906. The smallest absolute Gasteiger partial charge is 0.423 e. The van der Waals surface area contributed by atoms with E-state index in [1.165, 1.54) is 30.3 Å². The topological polar surface area (TPSA) is 136 Å². The van der Waals surface area contributed by atoms with Crippen LogP contribution < -0.4 is 5.46 Å². The third-order valence-corrected chi connectivity index (χ3v) is 7.71. The molecular weight excluding hydrogens is 758 g/mol. The van der Waals surface area contributed by atoms with Crippen molar-refractivity contribution in [1.29, 1.82) is 5.26 Å². The van der Waals surface area contributed by atoms with Crippen LogP contribution in [0.4, 0.5) is 26.3 Å². The first-order valence-corrected chi connectivity index (χ1v) is 15.7. The highest BCUT2D eigenvalue weighted by molar-refractivity contribution is 6.62. The average molecular weight is 783 g/mol. The molecule has 3 N–H and O–H groups in total. The molecule has 52 heavy (non-hydrogen) atoms. The predicted molar refractivity (Wildman–Crippen MR) is 188 cm³/mol. The molecular formula is C34H25BCl3F6N5O3. The first-order chi connectivity index (χ1) is 24.4. The fourth-order valence-electron chi connectivity index (χ4n) is 4.36. The van der Waals surface area contributed by atoms with Gasteiger partial charge in [-0.2, -0.15) is 31.6 Å². The van der Waals surface area contributed by atoms with Crippen molar-refractivity contribution in [3.8, 4) is 17.3 Å². The molecule has 0 atom stereocenters. The molecule has 0 aliphatic carbocycles. The van der Waals surface area contributed by atoms with Gasteiger partial charge < -0.3 is 15.2 Å². The van der Waals surface area contributed by atoms with Crippen molar-refractivity contribution in [2.75, 3.05) is 6.61 Å². The van der Waals surface area contributed by atoms with E-state index in [1.54, 1.807) is 62.4 Å². The summed E-state index contributed by atoms with van der Waals surface area (Å²) in [6.07, 6.45) is -8.94. The Morgan fingerprint density at radius 1 is 0.654 bits per heavy atom. The molecule has 0 bridgehead atoms. The number of aromatic nitrogens is 4. The molecule has 0 saturated heterocycles. The number of hydrogen-bond donors (Lipinski definition) is 3. The normalized spacial score (nSPS) is 10.9. The lowest BCUT2D eigenvalue weighted by atomic mass is 9.80. The Labute approximate surface area is 308 Å². The summed E-state index contributed by atoms with van der Waals surface area (Å²) in [4.78, 5) is 16.1. The standard InChI is InChI=1S/C16H10ClF3N2.C10H6ClF3N2.C6H6BClO2.C2H3NO/c1-9-14(10-5-2-3-7-12(10)17)22-15-11(16(18,19)20)6-4-8-13(15)21-9;1-5-9(11)16-8-6(10(12,13)14)3-2-4-7(8)15-5;8-6-4-2-1-3-5(6)7(9)10;3-1-2-4/h2-8H,1H3;2-4H,1H3;1-4,9-10H;4H,2H2. The number of nitrogens with zero attached hydrogens (tertiary/aromatic N) is 5. The second-order valence-corrected chi connectivity index (χ2v) is 11.5. The third kappa shape index (κ3) is 11.0. The number of aryl methyl sites for hydroxylation is 2. The zero-order valence-electron chi connectivity index (χ0n) is 26.8. The van der Waals surface area contributed by atoms with E-state index < -0.39 is 30.6 Å². The molecule has 270 valence electrons. The Hall–Kier alpha value is -4.56. The minimum Gasteiger partial charge on any atom is -0.423 e. The van der Waals surface area contributed by atoms with Crippen LogP contribution in [0.1, 0.15) is 22.5 Å². The molecule has 8 nitrogen and oxygen atoms in total. The van der Waals surface area contributed by atoms with Crippen LogP contribution in [0.3, 0.4) is 0 Å². The summed E-state index contributed by atoms with van der Waals surface area (Å²) in [7, 11) is -1.48. The van der Waals surface area contributed by atoms with Crippen LogP contribution in [0.25, 0.3) is 33.3 Å². The van der Waals surface area contributed by atoms with Crippen LogP contribution in [-0.4, -0.2) is 48.8 Å². The molecule has 0 aliphatic rings. The van der Waals surface area contributed by atoms with Crippen LogP contribution >= 0.6 is 34.8 Å². The number of hydrogen-bond acceptors (Lipinski definition) is 8. The van der Waals surface area contributed by atoms with Gasteiger partial charge in [-0.15, -0.1) is 0 Å². The van der Waals surface area contributed by atoms with Gasteiger partial charge in [-0.3, -0.25) is 0 Å². The van der Waals surface area contributed by atoms with Gasteiger partial charge >= 0.3 is 19.5 Å². The van der Waals surface area contributed by atoms with Crippen LogP contribution in [-0.2, 0) is 12.4 Å². The molecule has 6 rings (SSSR count). The Kier molecular flexibility index (Phi) is 14.7. The molecule has 0 spiro atoms. The van der Waals surface area contributed by atoms with Crippen molar-refractivity contribution in [3.05, 3.63) is 123 Å². The van der Waals surface area contributed by atoms with Gasteiger partial charge in [0.05, 0.1) is 50.3 Å². The van der Waals surface area contributed by atoms with Gasteiger partial charge in [-0.05, 0) is 50.2 Å². The largest absolute Gasteiger partial charge is 0.489 e. The van der Waals surface area contributed by atoms with Crippen molar-refractivity contribution < 1.29 is 41.5 Å². The maximum absolute atomic E-state index is 13.1. The molecule has 0 fully saturated rings. The summed E-state index contributed by atoms with van der Waals surface area (Å²) < 4.78 is 77.3. The Morgan fingerprint density at radius 2 is 1.12 bits per heavy atom. The lowest BCUT2D eigenvalue weighted by molar-refractivity contribution is -0.137. The minimum absolute atomic E-state index is 0.01000. The van der Waals surface area contributed by atoms with Crippen LogP contribution in [0.5, 0.6) is 0 Å². The zero-order valence-corrected chi connectivity index (χ0v) is 29.1. The molecule has 0 saturated carbocycles. The number of halogens is 9. The highest BCUT2D eigenvalue weighted by Gasteiger charge is 2.34. The number of para-hydroxylation sites is 2. The van der Waals surface area contributed by atoms with Crippen LogP contribution in [0.2, 0.25) is 15.2 Å². The summed E-state index contributed by atoms with van der Waals surface area (Å²) in [5.41, 5.74) is 0.589. The van der Waals surface area contributed by atoms with Crippen molar-refractivity contribution in [2.24, 2.45) is 0 Å². The number of aliphatic hydroxyl groups excluding tert-OH is 1. The number of benzene rings is 4. The SMILES string of the molecule is Cc1nc2cccc(C(F)(F)F)c2nc1-c1ccccc1Cl.Cc1nc2cccc(C(F)(F)F)c2nc1Cl.N#CCO.OB(O)c1ccccc1Cl. The maximum atomic E-state index is 13.1. The van der Waals surface area contributed by atoms with Gasteiger partial charge in [0.25, 0.3) is 0 Å². The first-order valence-electron chi connectivity index (χ1n) is 14.6. The molecule has 2 aromatic heterocycles. The summed E-state index contributed by atoms with van der Waals surface area (Å²) in [5.74, 6) is 0. The van der Waals surface area contributed by atoms with E-state index >= 15 is 0 Å². The monoisotopic (exact) mass is 781 g/mol. The van der Waals surface area contributed by atoms with E-state index in [-0.39, 0.29) is 33.8 Å². The van der Waals surface area contributed by atoms with Crippen molar-refractivity contribution in [1.82, 2.24) is 19.9 Å². The number of alkyl halides is 6. The van der Waals surface area contributed by atoms with E-state index in [1.807, 2.05) is 0 Å². The molecule has 0 radical (unpaired) electrons. The van der Waals surface area contributed by atoms with Gasteiger partial charge in [0.2, 0.25) is 0 Å². The Morgan fingerprint density at radius 3 is 1.56 bits per heavy atom. The number of rotatable bonds is 2. The summed E-state index contributed by atoms with van der Waals surface area (Å²) in [6, 6.07) is 22.5. The molecule has 6 aromatic rings. The fourth-order valence-corrected chi connectivity index (χ4v) is 4.95. The van der Waals surface area contributed by atoms with Gasteiger partial charge in [0.15, 0.2) is 5.15 Å². The minimum atomic E-state index is -4.48. The molecule has 18 heteroatoms. The van der Waals surface area contributed by atoms with Crippen LogP contribution in [0, 0.1) is 25.2 Å². The zero-order chi connectivity index (χ0) is 38.8. The van der Waals surface area contributed by atoms with E-state index in [0.717, 1.165) is 12.1 Å². The molecule has 0 aliphatic heterocycles. The van der Waals surface area contributed by atoms with E-state index in [9.17, 15) is 26.3 Å². The van der Waals surface area contributed by atoms with E-state index in [0.29, 0.717) is 38.2 Å². The van der Waals surface area contributed by atoms with Crippen molar-refractivity contribution in [3.63, 3.8) is 0 Å². The summed E-state index contributed by atoms with van der Waals surface area (Å²) >= 11 is 17.4.